The van der Waals surface area contributed by atoms with Gasteiger partial charge in [0.1, 0.15) is 17.3 Å². The molecule has 0 aliphatic rings. The standard InChI is InChI=1S/C6H5BrN2O4/c7-4-5(12)8-2-9(6(4)13)1-3(10)11/h2,12H,1H2,(H,10,11). The molecule has 0 amide bonds. The predicted molar refractivity (Wildman–Crippen MR) is 45.5 cm³/mol. The van der Waals surface area contributed by atoms with Crippen LogP contribution in [0.25, 0.3) is 0 Å². The molecule has 1 rings (SSSR count). The second-order valence-corrected chi connectivity index (χ2v) is 3.00. The summed E-state index contributed by atoms with van der Waals surface area (Å²) < 4.78 is 0.725. The Hall–Kier alpha value is -1.37. The van der Waals surface area contributed by atoms with Crippen molar-refractivity contribution in [1.29, 1.82) is 0 Å². The topological polar surface area (TPSA) is 92.4 Å². The number of carbonyl (C=O) groups is 1. The van der Waals surface area contributed by atoms with Crippen molar-refractivity contribution in [3.63, 3.8) is 0 Å². The van der Waals surface area contributed by atoms with Gasteiger partial charge in [0.25, 0.3) is 5.56 Å². The van der Waals surface area contributed by atoms with Crippen molar-refractivity contribution in [2.24, 2.45) is 0 Å². The molecular formula is C6H5BrN2O4. The van der Waals surface area contributed by atoms with Crippen LogP contribution in [-0.4, -0.2) is 25.7 Å². The van der Waals surface area contributed by atoms with Crippen LogP contribution in [0, 0.1) is 0 Å². The van der Waals surface area contributed by atoms with E-state index < -0.39 is 24.0 Å². The summed E-state index contributed by atoms with van der Waals surface area (Å²) in [6.45, 7) is -0.481. The van der Waals surface area contributed by atoms with Gasteiger partial charge in [0, 0.05) is 0 Å². The zero-order valence-corrected chi connectivity index (χ0v) is 7.85. The molecule has 13 heavy (non-hydrogen) atoms. The van der Waals surface area contributed by atoms with Crippen LogP contribution >= 0.6 is 15.9 Å². The van der Waals surface area contributed by atoms with Gasteiger partial charge >= 0.3 is 5.97 Å². The minimum Gasteiger partial charge on any atom is -0.492 e. The first-order valence-electron chi connectivity index (χ1n) is 3.18. The lowest BCUT2D eigenvalue weighted by molar-refractivity contribution is -0.137. The molecule has 7 heteroatoms. The Morgan fingerprint density at radius 2 is 2.31 bits per heavy atom. The molecule has 0 saturated heterocycles. The van der Waals surface area contributed by atoms with Gasteiger partial charge in [0.15, 0.2) is 0 Å². The van der Waals surface area contributed by atoms with Gasteiger partial charge in [-0.25, -0.2) is 4.98 Å². The highest BCUT2D eigenvalue weighted by Gasteiger charge is 2.09. The number of carboxylic acids is 1. The van der Waals surface area contributed by atoms with E-state index in [0.717, 1.165) is 10.9 Å². The molecule has 0 saturated carbocycles. The summed E-state index contributed by atoms with van der Waals surface area (Å²) >= 11 is 2.78. The van der Waals surface area contributed by atoms with Crippen LogP contribution in [0.2, 0.25) is 0 Å². The van der Waals surface area contributed by atoms with E-state index in [4.69, 9.17) is 10.2 Å². The van der Waals surface area contributed by atoms with Crippen molar-refractivity contribution in [1.82, 2.24) is 9.55 Å². The molecule has 0 spiro atoms. The molecule has 70 valence electrons. The van der Waals surface area contributed by atoms with Crippen LogP contribution in [-0.2, 0) is 11.3 Å². The number of halogens is 1. The molecule has 0 aliphatic carbocycles. The van der Waals surface area contributed by atoms with Gasteiger partial charge in [-0.05, 0) is 15.9 Å². The molecule has 0 unspecified atom stereocenters. The summed E-state index contributed by atoms with van der Waals surface area (Å²) in [4.78, 5) is 24.8. The smallest absolute Gasteiger partial charge is 0.323 e. The van der Waals surface area contributed by atoms with E-state index in [-0.39, 0.29) is 4.47 Å². The quantitative estimate of drug-likeness (QED) is 0.756. The third kappa shape index (κ3) is 2.05. The second kappa shape index (κ2) is 3.56. The van der Waals surface area contributed by atoms with Crippen LogP contribution in [0.4, 0.5) is 0 Å². The molecular weight excluding hydrogens is 244 g/mol. The maximum Gasteiger partial charge on any atom is 0.323 e. The van der Waals surface area contributed by atoms with Crippen molar-refractivity contribution in [3.05, 3.63) is 21.2 Å². The molecule has 1 aromatic rings. The van der Waals surface area contributed by atoms with Crippen molar-refractivity contribution in [2.45, 2.75) is 6.54 Å². The van der Waals surface area contributed by atoms with Gasteiger partial charge < -0.3 is 10.2 Å². The fourth-order valence-electron chi connectivity index (χ4n) is 0.714. The predicted octanol–water partition coefficient (Wildman–Crippen LogP) is -0.204. The highest BCUT2D eigenvalue weighted by atomic mass is 79.9. The molecule has 0 aromatic carbocycles. The van der Waals surface area contributed by atoms with E-state index >= 15 is 0 Å². The summed E-state index contributed by atoms with van der Waals surface area (Å²) in [5, 5.41) is 17.3. The molecule has 1 aromatic heterocycles. The first-order chi connectivity index (χ1) is 6.02. The molecule has 0 atom stereocenters. The van der Waals surface area contributed by atoms with E-state index in [2.05, 4.69) is 20.9 Å². The summed E-state index contributed by atoms with van der Waals surface area (Å²) in [7, 11) is 0. The summed E-state index contributed by atoms with van der Waals surface area (Å²) in [5.74, 6) is -1.60. The third-order valence-corrected chi connectivity index (χ3v) is 1.96. The minimum atomic E-state index is -1.15. The number of hydrogen-bond acceptors (Lipinski definition) is 4. The second-order valence-electron chi connectivity index (χ2n) is 2.21. The fourth-order valence-corrected chi connectivity index (χ4v) is 1.04. The zero-order chi connectivity index (χ0) is 10.0. The Kier molecular flexibility index (Phi) is 2.66. The van der Waals surface area contributed by atoms with Crippen LogP contribution < -0.4 is 5.56 Å². The van der Waals surface area contributed by atoms with Gasteiger partial charge in [-0.3, -0.25) is 14.2 Å². The van der Waals surface area contributed by atoms with Crippen LogP contribution in [0.15, 0.2) is 15.6 Å². The normalized spacial score (nSPS) is 9.92. The summed E-state index contributed by atoms with van der Waals surface area (Å²) in [6, 6.07) is 0. The van der Waals surface area contributed by atoms with Crippen molar-refractivity contribution >= 4 is 21.9 Å². The van der Waals surface area contributed by atoms with Crippen LogP contribution in [0.5, 0.6) is 5.88 Å². The average Bonchev–Trinajstić information content (AvgIpc) is 2.06. The Morgan fingerprint density at radius 1 is 1.69 bits per heavy atom. The number of aliphatic carboxylic acids is 1. The number of carboxylic acid groups (broad SMARTS) is 1. The first kappa shape index (κ1) is 9.72. The van der Waals surface area contributed by atoms with Gasteiger partial charge in [-0.15, -0.1) is 0 Å². The van der Waals surface area contributed by atoms with Crippen molar-refractivity contribution in [2.75, 3.05) is 0 Å². The maximum atomic E-state index is 11.2. The van der Waals surface area contributed by atoms with Crippen LogP contribution in [0.3, 0.4) is 0 Å². The monoisotopic (exact) mass is 248 g/mol. The zero-order valence-electron chi connectivity index (χ0n) is 6.27. The average molecular weight is 249 g/mol. The molecule has 0 bridgehead atoms. The molecule has 1 heterocycles. The van der Waals surface area contributed by atoms with E-state index in [1.54, 1.807) is 0 Å². The molecule has 2 N–H and O–H groups in total. The Labute approximate surface area is 80.6 Å². The number of hydrogen-bond donors (Lipinski definition) is 2. The highest BCUT2D eigenvalue weighted by Crippen LogP contribution is 2.13. The summed E-state index contributed by atoms with van der Waals surface area (Å²) in [5.41, 5.74) is -0.630. The fraction of sp³-hybridized carbons (Fsp3) is 0.167. The first-order valence-corrected chi connectivity index (χ1v) is 3.97. The van der Waals surface area contributed by atoms with E-state index in [9.17, 15) is 9.59 Å². The van der Waals surface area contributed by atoms with Crippen molar-refractivity contribution < 1.29 is 15.0 Å². The molecule has 0 radical (unpaired) electrons. The lowest BCUT2D eigenvalue weighted by Crippen LogP contribution is -2.24. The number of aromatic hydroxyl groups is 1. The van der Waals surface area contributed by atoms with E-state index in [0.29, 0.717) is 0 Å². The largest absolute Gasteiger partial charge is 0.492 e. The minimum absolute atomic E-state index is 0.142. The Morgan fingerprint density at radius 3 is 2.85 bits per heavy atom. The van der Waals surface area contributed by atoms with Gasteiger partial charge in [-0.1, -0.05) is 0 Å². The van der Waals surface area contributed by atoms with Gasteiger partial charge in [-0.2, -0.15) is 0 Å². The maximum absolute atomic E-state index is 11.2. The molecule has 0 aliphatic heterocycles. The van der Waals surface area contributed by atoms with Crippen LogP contribution in [0.1, 0.15) is 0 Å². The molecule has 0 fully saturated rings. The Bertz CT molecular complexity index is 400. The lowest BCUT2D eigenvalue weighted by atomic mass is 10.5. The Balaban J connectivity index is 3.19. The number of rotatable bonds is 2. The van der Waals surface area contributed by atoms with E-state index in [1.165, 1.54) is 0 Å². The molecule has 6 nitrogen and oxygen atoms in total. The van der Waals surface area contributed by atoms with Crippen molar-refractivity contribution in [3.8, 4) is 5.88 Å². The van der Waals surface area contributed by atoms with E-state index in [1.807, 2.05) is 0 Å². The SMILES string of the molecule is O=C(O)Cn1cnc(O)c(Br)c1=O. The van der Waals surface area contributed by atoms with Gasteiger partial charge in [0.2, 0.25) is 5.88 Å². The number of aromatic nitrogens is 2. The highest BCUT2D eigenvalue weighted by molar-refractivity contribution is 9.10. The summed E-state index contributed by atoms with van der Waals surface area (Å²) in [6.07, 6.45) is 0.969. The third-order valence-electron chi connectivity index (χ3n) is 1.27. The lowest BCUT2D eigenvalue weighted by Gasteiger charge is -2.01. The number of nitrogens with zero attached hydrogens (tertiary/aromatic N) is 2. The van der Waals surface area contributed by atoms with Gasteiger partial charge in [0.05, 0.1) is 0 Å².